The molecule has 6 nitrogen and oxygen atoms in total. The number of aliphatic hydroxyl groups is 2. The second kappa shape index (κ2) is 10.7. The van der Waals surface area contributed by atoms with Crippen LogP contribution < -0.4 is 0 Å². The first-order valence-electron chi connectivity index (χ1n) is 10.8. The summed E-state index contributed by atoms with van der Waals surface area (Å²) in [5, 5.41) is 18.2. The van der Waals surface area contributed by atoms with Crippen molar-refractivity contribution in [2.24, 2.45) is 0 Å². The Morgan fingerprint density at radius 2 is 0.964 bits per heavy atom. The molecule has 0 radical (unpaired) electrons. The zero-order chi connectivity index (χ0) is 19.9. The van der Waals surface area contributed by atoms with Gasteiger partial charge in [0.05, 0.1) is 13.2 Å². The van der Waals surface area contributed by atoms with Gasteiger partial charge in [0.25, 0.3) is 0 Å². The van der Waals surface area contributed by atoms with Crippen LogP contribution in [0.25, 0.3) is 0 Å². The lowest BCUT2D eigenvalue weighted by atomic mass is 9.98. The molecule has 0 aromatic heterocycles. The third-order valence-corrected chi connectivity index (χ3v) is 6.34. The van der Waals surface area contributed by atoms with Crippen LogP contribution in [0.15, 0.2) is 12.1 Å². The normalized spacial score (nSPS) is 20.7. The van der Waals surface area contributed by atoms with Gasteiger partial charge in [0.1, 0.15) is 0 Å². The summed E-state index contributed by atoms with van der Waals surface area (Å²) in [4.78, 5) is 9.78. The minimum atomic E-state index is 0.259. The Hall–Kier alpha value is -1.02. The van der Waals surface area contributed by atoms with Gasteiger partial charge in [-0.1, -0.05) is 12.1 Å². The number of benzene rings is 1. The van der Waals surface area contributed by atoms with Gasteiger partial charge in [0, 0.05) is 78.5 Å². The first kappa shape index (κ1) is 21.7. The summed E-state index contributed by atoms with van der Waals surface area (Å²) in [6.07, 6.45) is 0. The van der Waals surface area contributed by atoms with Crippen molar-refractivity contribution < 1.29 is 10.2 Å². The minimum absolute atomic E-state index is 0.259. The second-order valence-corrected chi connectivity index (χ2v) is 8.39. The van der Waals surface area contributed by atoms with Crippen LogP contribution in [-0.4, -0.2) is 108 Å². The molecule has 0 amide bonds. The summed E-state index contributed by atoms with van der Waals surface area (Å²) >= 11 is 0. The highest BCUT2D eigenvalue weighted by Gasteiger charge is 2.19. The lowest BCUT2D eigenvalue weighted by molar-refractivity contribution is 0.107. The van der Waals surface area contributed by atoms with Gasteiger partial charge in [0.15, 0.2) is 0 Å². The number of β-amino-alcohol motifs (C(OH)–C–C–N with tert-alkyl or cyclic N) is 2. The number of piperazine rings is 2. The van der Waals surface area contributed by atoms with Crippen LogP contribution in [-0.2, 0) is 13.1 Å². The van der Waals surface area contributed by atoms with E-state index in [1.807, 2.05) is 0 Å². The SMILES string of the molecule is Cc1cc(C)c(CN2CCN(CCO)CC2)cc1CN1CCN(CCO)CC1. The largest absolute Gasteiger partial charge is 0.395 e. The number of aryl methyl sites for hydroxylation is 2. The summed E-state index contributed by atoms with van der Waals surface area (Å²) < 4.78 is 0. The van der Waals surface area contributed by atoms with Crippen LogP contribution in [0.5, 0.6) is 0 Å². The molecule has 3 rings (SSSR count). The monoisotopic (exact) mass is 390 g/mol. The summed E-state index contributed by atoms with van der Waals surface area (Å²) in [5.41, 5.74) is 5.70. The van der Waals surface area contributed by atoms with E-state index in [1.165, 1.54) is 22.3 Å². The number of hydrogen-bond acceptors (Lipinski definition) is 6. The average Bonchev–Trinajstić information content (AvgIpc) is 2.69. The van der Waals surface area contributed by atoms with Crippen molar-refractivity contribution in [3.05, 3.63) is 34.4 Å². The Balaban J connectivity index is 1.57. The van der Waals surface area contributed by atoms with Crippen molar-refractivity contribution in [3.8, 4) is 0 Å². The van der Waals surface area contributed by atoms with Crippen LogP contribution in [0.4, 0.5) is 0 Å². The van der Waals surface area contributed by atoms with Gasteiger partial charge >= 0.3 is 0 Å². The van der Waals surface area contributed by atoms with Gasteiger partial charge in [-0.15, -0.1) is 0 Å². The zero-order valence-corrected chi connectivity index (χ0v) is 17.7. The summed E-state index contributed by atoms with van der Waals surface area (Å²) in [6.45, 7) is 17.2. The standard InChI is InChI=1S/C22H38N4O2/c1-19-15-20(2)22(18-26-9-5-24(6-10-26)12-14-28)16-21(19)17-25-7-3-23(4-8-25)11-13-27/h15-16,27-28H,3-14,17-18H2,1-2H3. The second-order valence-electron chi connectivity index (χ2n) is 8.39. The van der Waals surface area contributed by atoms with Crippen molar-refractivity contribution in [1.29, 1.82) is 0 Å². The molecule has 0 bridgehead atoms. The molecule has 1 aromatic rings. The van der Waals surface area contributed by atoms with Gasteiger partial charge in [0.2, 0.25) is 0 Å². The first-order chi connectivity index (χ1) is 13.6. The third kappa shape index (κ3) is 5.99. The van der Waals surface area contributed by atoms with Crippen LogP contribution in [0.3, 0.4) is 0 Å². The van der Waals surface area contributed by atoms with E-state index in [1.54, 1.807) is 0 Å². The molecule has 0 aliphatic carbocycles. The Kier molecular flexibility index (Phi) is 8.26. The van der Waals surface area contributed by atoms with Crippen molar-refractivity contribution in [2.75, 3.05) is 78.7 Å². The number of rotatable bonds is 8. The van der Waals surface area contributed by atoms with Crippen LogP contribution >= 0.6 is 0 Å². The fraction of sp³-hybridized carbons (Fsp3) is 0.727. The van der Waals surface area contributed by atoms with Gasteiger partial charge in [-0.05, 0) is 36.1 Å². The van der Waals surface area contributed by atoms with Gasteiger partial charge < -0.3 is 10.2 Å². The highest BCUT2D eigenvalue weighted by atomic mass is 16.3. The van der Waals surface area contributed by atoms with Gasteiger partial charge in [-0.2, -0.15) is 0 Å². The van der Waals surface area contributed by atoms with E-state index in [0.29, 0.717) is 0 Å². The molecule has 2 fully saturated rings. The number of hydrogen-bond donors (Lipinski definition) is 2. The molecular weight excluding hydrogens is 352 g/mol. The molecule has 2 saturated heterocycles. The smallest absolute Gasteiger partial charge is 0.0558 e. The molecule has 0 saturated carbocycles. The molecule has 0 atom stereocenters. The van der Waals surface area contributed by atoms with E-state index in [4.69, 9.17) is 10.2 Å². The van der Waals surface area contributed by atoms with E-state index in [9.17, 15) is 0 Å². The molecule has 158 valence electrons. The maximum Gasteiger partial charge on any atom is 0.0558 e. The van der Waals surface area contributed by atoms with Crippen LogP contribution in [0.1, 0.15) is 22.3 Å². The molecular formula is C22H38N4O2. The Morgan fingerprint density at radius 3 is 1.32 bits per heavy atom. The van der Waals surface area contributed by atoms with Gasteiger partial charge in [-0.3, -0.25) is 19.6 Å². The van der Waals surface area contributed by atoms with E-state index in [0.717, 1.165) is 78.5 Å². The molecule has 6 heteroatoms. The summed E-state index contributed by atoms with van der Waals surface area (Å²) in [7, 11) is 0. The van der Waals surface area contributed by atoms with Crippen LogP contribution in [0.2, 0.25) is 0 Å². The van der Waals surface area contributed by atoms with Crippen molar-refractivity contribution >= 4 is 0 Å². The third-order valence-electron chi connectivity index (χ3n) is 6.34. The van der Waals surface area contributed by atoms with Crippen molar-refractivity contribution in [3.63, 3.8) is 0 Å². The number of nitrogens with zero attached hydrogens (tertiary/aromatic N) is 4. The maximum atomic E-state index is 9.12. The highest BCUT2D eigenvalue weighted by molar-refractivity contribution is 5.37. The average molecular weight is 391 g/mol. The lowest BCUT2D eigenvalue weighted by Crippen LogP contribution is -2.47. The molecule has 1 aromatic carbocycles. The summed E-state index contributed by atoms with van der Waals surface area (Å²) in [6, 6.07) is 4.79. The molecule has 28 heavy (non-hydrogen) atoms. The predicted molar refractivity (Wildman–Crippen MR) is 114 cm³/mol. The van der Waals surface area contributed by atoms with E-state index < -0.39 is 0 Å². The zero-order valence-electron chi connectivity index (χ0n) is 17.7. The van der Waals surface area contributed by atoms with E-state index >= 15 is 0 Å². The predicted octanol–water partition coefficient (Wildman–Crippen LogP) is 0.523. The molecule has 2 aliphatic heterocycles. The molecule has 2 heterocycles. The van der Waals surface area contributed by atoms with Crippen molar-refractivity contribution in [2.45, 2.75) is 26.9 Å². The maximum absolute atomic E-state index is 9.12. The van der Waals surface area contributed by atoms with Crippen molar-refractivity contribution in [1.82, 2.24) is 19.6 Å². The minimum Gasteiger partial charge on any atom is -0.395 e. The molecule has 2 N–H and O–H groups in total. The first-order valence-corrected chi connectivity index (χ1v) is 10.8. The lowest BCUT2D eigenvalue weighted by Gasteiger charge is -2.35. The van der Waals surface area contributed by atoms with E-state index in [-0.39, 0.29) is 13.2 Å². The fourth-order valence-corrected chi connectivity index (χ4v) is 4.40. The topological polar surface area (TPSA) is 53.4 Å². The highest BCUT2D eigenvalue weighted by Crippen LogP contribution is 2.21. The molecule has 0 unspecified atom stereocenters. The molecule has 0 spiro atoms. The number of aliphatic hydroxyl groups excluding tert-OH is 2. The fourth-order valence-electron chi connectivity index (χ4n) is 4.40. The van der Waals surface area contributed by atoms with Crippen LogP contribution in [0, 0.1) is 13.8 Å². The summed E-state index contributed by atoms with van der Waals surface area (Å²) in [5.74, 6) is 0. The van der Waals surface area contributed by atoms with Gasteiger partial charge in [-0.25, -0.2) is 0 Å². The van der Waals surface area contributed by atoms with E-state index in [2.05, 4.69) is 45.6 Å². The Bertz CT molecular complexity index is 560. The Morgan fingerprint density at radius 1 is 0.607 bits per heavy atom. The quantitative estimate of drug-likeness (QED) is 0.675. The molecule has 2 aliphatic rings. The Labute approximate surface area is 170 Å².